The fraction of sp³-hybridized carbons (Fsp3) is 0.692. The van der Waals surface area contributed by atoms with E-state index in [4.69, 9.17) is 5.73 Å². The summed E-state index contributed by atoms with van der Waals surface area (Å²) < 4.78 is 0. The average Bonchev–Trinajstić information content (AvgIpc) is 2.84. The number of nitrogens with one attached hydrogen (secondary N) is 1. The molecule has 0 aliphatic heterocycles. The molecule has 0 spiro atoms. The van der Waals surface area contributed by atoms with E-state index < -0.39 is 0 Å². The second-order valence-electron chi connectivity index (χ2n) is 5.02. The molecule has 3 heteroatoms. The van der Waals surface area contributed by atoms with E-state index in [-0.39, 0.29) is 5.54 Å². The molecular formula is C13H22N2S. The lowest BCUT2D eigenvalue weighted by Gasteiger charge is -2.23. The fourth-order valence-corrected chi connectivity index (χ4v) is 3.33. The van der Waals surface area contributed by atoms with Gasteiger partial charge >= 0.3 is 0 Å². The lowest BCUT2D eigenvalue weighted by molar-refractivity contribution is 0.394. The molecule has 0 aromatic carbocycles. The molecule has 1 heterocycles. The normalized spacial score (nSPS) is 19.1. The van der Waals surface area contributed by atoms with E-state index in [1.807, 2.05) is 11.3 Å². The zero-order chi connectivity index (χ0) is 11.4. The zero-order valence-electron chi connectivity index (χ0n) is 10.1. The van der Waals surface area contributed by atoms with E-state index in [2.05, 4.69) is 23.7 Å². The van der Waals surface area contributed by atoms with Gasteiger partial charge in [-0.3, -0.25) is 0 Å². The fourth-order valence-electron chi connectivity index (χ4n) is 2.45. The van der Waals surface area contributed by atoms with Crippen molar-refractivity contribution in [3.63, 3.8) is 0 Å². The largest absolute Gasteiger partial charge is 0.325 e. The van der Waals surface area contributed by atoms with Crippen LogP contribution >= 0.6 is 11.3 Å². The molecule has 0 bridgehead atoms. The van der Waals surface area contributed by atoms with Gasteiger partial charge in [-0.05, 0) is 49.7 Å². The Bertz CT molecular complexity index is 326. The van der Waals surface area contributed by atoms with E-state index in [0.29, 0.717) is 0 Å². The molecule has 1 aromatic heterocycles. The second-order valence-corrected chi connectivity index (χ2v) is 6.02. The van der Waals surface area contributed by atoms with Crippen LogP contribution in [0.5, 0.6) is 0 Å². The van der Waals surface area contributed by atoms with Gasteiger partial charge in [-0.15, -0.1) is 11.3 Å². The van der Waals surface area contributed by atoms with Crippen molar-refractivity contribution in [2.24, 2.45) is 5.73 Å². The lowest BCUT2D eigenvalue weighted by Crippen LogP contribution is -2.39. The molecule has 0 atom stereocenters. The molecule has 0 unspecified atom stereocenters. The Morgan fingerprint density at radius 3 is 2.81 bits per heavy atom. The van der Waals surface area contributed by atoms with Crippen LogP contribution in [0.25, 0.3) is 0 Å². The van der Waals surface area contributed by atoms with Crippen molar-refractivity contribution in [3.05, 3.63) is 21.9 Å². The minimum Gasteiger partial charge on any atom is -0.325 e. The monoisotopic (exact) mass is 238 g/mol. The van der Waals surface area contributed by atoms with E-state index in [0.717, 1.165) is 19.5 Å². The predicted octanol–water partition coefficient (Wildman–Crippen LogP) is 2.81. The van der Waals surface area contributed by atoms with Gasteiger partial charge in [-0.2, -0.15) is 0 Å². The number of rotatable bonds is 5. The summed E-state index contributed by atoms with van der Waals surface area (Å²) in [5.41, 5.74) is 7.85. The highest BCUT2D eigenvalue weighted by Gasteiger charge is 2.28. The van der Waals surface area contributed by atoms with Crippen molar-refractivity contribution < 1.29 is 0 Å². The quantitative estimate of drug-likeness (QED) is 0.774. The van der Waals surface area contributed by atoms with Gasteiger partial charge in [-0.1, -0.05) is 12.8 Å². The lowest BCUT2D eigenvalue weighted by atomic mass is 9.95. The van der Waals surface area contributed by atoms with E-state index in [1.54, 1.807) is 0 Å². The summed E-state index contributed by atoms with van der Waals surface area (Å²) in [5.74, 6) is 0. The summed E-state index contributed by atoms with van der Waals surface area (Å²) in [4.78, 5) is 1.46. The van der Waals surface area contributed by atoms with Crippen molar-refractivity contribution >= 4 is 11.3 Å². The number of nitrogens with two attached hydrogens (primary N) is 1. The highest BCUT2D eigenvalue weighted by Crippen LogP contribution is 2.29. The van der Waals surface area contributed by atoms with Crippen LogP contribution in [0.1, 0.15) is 42.5 Å². The Labute approximate surface area is 102 Å². The van der Waals surface area contributed by atoms with Gasteiger partial charge in [0.1, 0.15) is 0 Å². The Balaban J connectivity index is 1.67. The molecule has 1 fully saturated rings. The first kappa shape index (κ1) is 12.1. The van der Waals surface area contributed by atoms with Crippen LogP contribution in [0.15, 0.2) is 11.4 Å². The van der Waals surface area contributed by atoms with Crippen molar-refractivity contribution in [1.82, 2.24) is 5.32 Å². The van der Waals surface area contributed by atoms with Gasteiger partial charge in [-0.25, -0.2) is 0 Å². The summed E-state index contributed by atoms with van der Waals surface area (Å²) in [5, 5.41) is 5.67. The summed E-state index contributed by atoms with van der Waals surface area (Å²) in [6, 6.07) is 2.18. The van der Waals surface area contributed by atoms with Crippen LogP contribution in [-0.2, 0) is 6.54 Å². The van der Waals surface area contributed by atoms with Crippen LogP contribution in [0.4, 0.5) is 0 Å². The Morgan fingerprint density at radius 2 is 2.19 bits per heavy atom. The molecule has 2 nitrogen and oxygen atoms in total. The third-order valence-corrected chi connectivity index (χ3v) is 4.68. The molecule has 0 amide bonds. The average molecular weight is 238 g/mol. The van der Waals surface area contributed by atoms with E-state index in [1.165, 1.54) is 36.1 Å². The molecule has 1 aliphatic rings. The molecule has 3 N–H and O–H groups in total. The maximum atomic E-state index is 6.31. The van der Waals surface area contributed by atoms with E-state index >= 15 is 0 Å². The minimum absolute atomic E-state index is 0.136. The predicted molar refractivity (Wildman–Crippen MR) is 70.8 cm³/mol. The van der Waals surface area contributed by atoms with Crippen molar-refractivity contribution in [2.75, 3.05) is 6.54 Å². The number of hydrogen-bond donors (Lipinski definition) is 2. The van der Waals surface area contributed by atoms with Crippen molar-refractivity contribution in [1.29, 1.82) is 0 Å². The molecule has 2 rings (SSSR count). The van der Waals surface area contributed by atoms with Gasteiger partial charge < -0.3 is 11.1 Å². The Kier molecular flexibility index (Phi) is 4.00. The highest BCUT2D eigenvalue weighted by atomic mass is 32.1. The molecule has 1 saturated carbocycles. The third-order valence-electron chi connectivity index (χ3n) is 3.65. The first-order valence-electron chi connectivity index (χ1n) is 6.22. The SMILES string of the molecule is Cc1ccsc1CNCCC1(N)CCCC1. The molecule has 1 aromatic rings. The summed E-state index contributed by atoms with van der Waals surface area (Å²) in [7, 11) is 0. The van der Waals surface area contributed by atoms with E-state index in [9.17, 15) is 0 Å². The smallest absolute Gasteiger partial charge is 0.0302 e. The second kappa shape index (κ2) is 5.30. The standard InChI is InChI=1S/C13H22N2S/c1-11-4-9-16-12(11)10-15-8-7-13(14)5-2-3-6-13/h4,9,15H,2-3,5-8,10,14H2,1H3. The maximum absolute atomic E-state index is 6.31. The molecular weight excluding hydrogens is 216 g/mol. The molecule has 90 valence electrons. The van der Waals surface area contributed by atoms with Crippen molar-refractivity contribution in [3.8, 4) is 0 Å². The van der Waals surface area contributed by atoms with Crippen LogP contribution < -0.4 is 11.1 Å². The molecule has 0 radical (unpaired) electrons. The first-order valence-corrected chi connectivity index (χ1v) is 7.10. The van der Waals surface area contributed by atoms with Crippen LogP contribution in [0.2, 0.25) is 0 Å². The highest BCUT2D eigenvalue weighted by molar-refractivity contribution is 7.10. The van der Waals surface area contributed by atoms with Gasteiger partial charge in [0, 0.05) is 17.0 Å². The Hall–Kier alpha value is -0.380. The summed E-state index contributed by atoms with van der Waals surface area (Å²) >= 11 is 1.84. The summed E-state index contributed by atoms with van der Waals surface area (Å²) in [6.45, 7) is 4.22. The molecule has 16 heavy (non-hydrogen) atoms. The topological polar surface area (TPSA) is 38.0 Å². The van der Waals surface area contributed by atoms with Gasteiger partial charge in [0.25, 0.3) is 0 Å². The molecule has 0 saturated heterocycles. The first-order chi connectivity index (χ1) is 7.70. The van der Waals surface area contributed by atoms with Gasteiger partial charge in [0.05, 0.1) is 0 Å². The number of hydrogen-bond acceptors (Lipinski definition) is 3. The van der Waals surface area contributed by atoms with Crippen LogP contribution in [0.3, 0.4) is 0 Å². The third kappa shape index (κ3) is 3.06. The van der Waals surface area contributed by atoms with Crippen LogP contribution in [0, 0.1) is 6.92 Å². The summed E-state index contributed by atoms with van der Waals surface area (Å²) in [6.07, 6.45) is 6.19. The van der Waals surface area contributed by atoms with Crippen molar-refractivity contribution in [2.45, 2.75) is 51.1 Å². The zero-order valence-corrected chi connectivity index (χ0v) is 10.9. The molecule has 1 aliphatic carbocycles. The maximum Gasteiger partial charge on any atom is 0.0302 e. The van der Waals surface area contributed by atoms with Gasteiger partial charge in [0.15, 0.2) is 0 Å². The Morgan fingerprint density at radius 1 is 1.44 bits per heavy atom. The van der Waals surface area contributed by atoms with Gasteiger partial charge in [0.2, 0.25) is 0 Å². The number of thiophene rings is 1. The number of aryl methyl sites for hydroxylation is 1. The minimum atomic E-state index is 0.136. The van der Waals surface area contributed by atoms with Crippen LogP contribution in [-0.4, -0.2) is 12.1 Å².